The van der Waals surface area contributed by atoms with Gasteiger partial charge in [0.1, 0.15) is 29.4 Å². The van der Waals surface area contributed by atoms with Gasteiger partial charge in [-0.05, 0) is 27.7 Å². The standard InChI is InChI=1S/C30H50N10O5Si/c1-19(41)38-14-13-37(28(42)45-30(3,4)5)17-23(38)40-26(21-15-31-9-10-33-21)36-25-24(34-18-35-27(25)40)22-16-32-11-12-39(22)29(43)44-20(2)46(6,7)8/h18,20-23,31-33H,9-17H2,1-8H3. The van der Waals surface area contributed by atoms with Gasteiger partial charge in [-0.2, -0.15) is 0 Å². The lowest BCUT2D eigenvalue weighted by Crippen LogP contribution is -2.55. The highest BCUT2D eigenvalue weighted by molar-refractivity contribution is 6.77. The summed E-state index contributed by atoms with van der Waals surface area (Å²) in [4.78, 5) is 59.6. The van der Waals surface area contributed by atoms with Crippen LogP contribution >= 0.6 is 0 Å². The van der Waals surface area contributed by atoms with Crippen LogP contribution in [0.5, 0.6) is 0 Å². The van der Waals surface area contributed by atoms with Gasteiger partial charge in [-0.25, -0.2) is 24.5 Å². The topological polar surface area (TPSA) is 159 Å². The Kier molecular flexibility index (Phi) is 9.91. The first-order valence-electron chi connectivity index (χ1n) is 16.3. The lowest BCUT2D eigenvalue weighted by molar-refractivity contribution is -0.136. The second-order valence-corrected chi connectivity index (χ2v) is 20.0. The zero-order valence-electron chi connectivity index (χ0n) is 28.4. The van der Waals surface area contributed by atoms with Gasteiger partial charge in [0.2, 0.25) is 5.91 Å². The maximum atomic E-state index is 13.6. The predicted octanol–water partition coefficient (Wildman–Crippen LogP) is 2.01. The van der Waals surface area contributed by atoms with Crippen LogP contribution in [0.15, 0.2) is 6.33 Å². The second-order valence-electron chi connectivity index (χ2n) is 14.4. The third-order valence-electron chi connectivity index (χ3n) is 8.88. The van der Waals surface area contributed by atoms with Gasteiger partial charge in [0.25, 0.3) is 0 Å². The van der Waals surface area contributed by atoms with E-state index in [0.717, 1.165) is 13.1 Å². The van der Waals surface area contributed by atoms with Crippen LogP contribution in [-0.2, 0) is 14.3 Å². The highest BCUT2D eigenvalue weighted by Crippen LogP contribution is 2.34. The van der Waals surface area contributed by atoms with Crippen molar-refractivity contribution in [2.45, 2.75) is 83.8 Å². The number of fused-ring (bicyclic) bond motifs is 1. The molecule has 16 heteroatoms. The molecule has 0 aromatic carbocycles. The Morgan fingerprint density at radius 2 is 1.72 bits per heavy atom. The molecule has 2 aromatic heterocycles. The number of hydrogen-bond acceptors (Lipinski definition) is 11. The van der Waals surface area contributed by atoms with Gasteiger partial charge in [-0.3, -0.25) is 14.3 Å². The van der Waals surface area contributed by atoms with Crippen LogP contribution in [0.25, 0.3) is 11.2 Å². The number of carbonyl (C=O) groups is 3. The molecule has 5 heterocycles. The summed E-state index contributed by atoms with van der Waals surface area (Å²) in [6, 6.07) is -0.632. The van der Waals surface area contributed by atoms with Crippen molar-refractivity contribution < 1.29 is 23.9 Å². The molecule has 15 nitrogen and oxygen atoms in total. The average molecular weight is 659 g/mol. The van der Waals surface area contributed by atoms with Gasteiger partial charge in [0.15, 0.2) is 5.65 Å². The normalized spacial score (nSPS) is 23.7. The van der Waals surface area contributed by atoms with E-state index >= 15 is 0 Å². The molecule has 46 heavy (non-hydrogen) atoms. The number of rotatable bonds is 5. The number of amides is 3. The van der Waals surface area contributed by atoms with Crippen molar-refractivity contribution in [3.63, 3.8) is 0 Å². The number of nitrogens with one attached hydrogen (secondary N) is 3. The molecule has 3 amide bonds. The van der Waals surface area contributed by atoms with Crippen molar-refractivity contribution in [3.8, 4) is 0 Å². The summed E-state index contributed by atoms with van der Waals surface area (Å²) in [5.41, 5.74) is 0.864. The van der Waals surface area contributed by atoms with Crippen LogP contribution in [0.3, 0.4) is 0 Å². The van der Waals surface area contributed by atoms with Gasteiger partial charge in [-0.1, -0.05) is 19.6 Å². The summed E-state index contributed by atoms with van der Waals surface area (Å²) in [5, 5.41) is 10.4. The third kappa shape index (κ3) is 7.29. The fraction of sp³-hybridized carbons (Fsp3) is 0.733. The summed E-state index contributed by atoms with van der Waals surface area (Å²) >= 11 is 0. The maximum absolute atomic E-state index is 13.6. The van der Waals surface area contributed by atoms with E-state index in [4.69, 9.17) is 24.4 Å². The van der Waals surface area contributed by atoms with Gasteiger partial charge >= 0.3 is 12.2 Å². The van der Waals surface area contributed by atoms with Crippen molar-refractivity contribution in [1.29, 1.82) is 0 Å². The first-order chi connectivity index (χ1) is 21.7. The highest BCUT2D eigenvalue weighted by Gasteiger charge is 2.40. The van der Waals surface area contributed by atoms with E-state index in [-0.39, 0.29) is 30.3 Å². The number of carbonyl (C=O) groups excluding carboxylic acids is 3. The molecule has 3 N–H and O–H groups in total. The summed E-state index contributed by atoms with van der Waals surface area (Å²) < 4.78 is 13.7. The molecule has 5 rings (SSSR count). The molecule has 0 aliphatic carbocycles. The Labute approximate surface area is 271 Å². The van der Waals surface area contributed by atoms with E-state index in [1.807, 2.05) is 32.3 Å². The molecular formula is C30H50N10O5Si. The summed E-state index contributed by atoms with van der Waals surface area (Å²) in [6.45, 7) is 20.1. The third-order valence-corrected chi connectivity index (χ3v) is 11.4. The number of hydrogen-bond donors (Lipinski definition) is 3. The number of ether oxygens (including phenoxy) is 2. The fourth-order valence-electron chi connectivity index (χ4n) is 5.97. The van der Waals surface area contributed by atoms with E-state index in [2.05, 4.69) is 35.6 Å². The van der Waals surface area contributed by atoms with Crippen LogP contribution < -0.4 is 16.0 Å². The smallest absolute Gasteiger partial charge is 0.410 e. The minimum absolute atomic E-state index is 0.118. The predicted molar refractivity (Wildman–Crippen MR) is 175 cm³/mol. The molecule has 0 spiro atoms. The fourth-order valence-corrected chi connectivity index (χ4v) is 6.42. The molecule has 3 saturated heterocycles. The molecule has 3 aliphatic heterocycles. The van der Waals surface area contributed by atoms with Crippen LogP contribution in [0, 0.1) is 0 Å². The summed E-state index contributed by atoms with van der Waals surface area (Å²) in [6.07, 6.45) is 0.0958. The van der Waals surface area contributed by atoms with Gasteiger partial charge < -0.3 is 35.2 Å². The SMILES string of the molecule is CC(=O)N1CCN(C(=O)OC(C)(C)C)CC1n1c(C2CNCCN2)nc2c(C3CNCCN3C(=O)OC(C)[Si](C)(C)C)ncnc21. The van der Waals surface area contributed by atoms with Gasteiger partial charge in [0, 0.05) is 59.3 Å². The van der Waals surface area contributed by atoms with E-state index in [0.29, 0.717) is 62.0 Å². The summed E-state index contributed by atoms with van der Waals surface area (Å²) in [5.74, 6) is 0.559. The molecule has 0 bridgehead atoms. The second kappa shape index (κ2) is 13.4. The zero-order valence-corrected chi connectivity index (χ0v) is 29.4. The Hall–Kier alpha value is -3.34. The number of piperazine rings is 3. The lowest BCUT2D eigenvalue weighted by Gasteiger charge is -2.42. The molecule has 4 atom stereocenters. The Morgan fingerprint density at radius 1 is 0.978 bits per heavy atom. The monoisotopic (exact) mass is 658 g/mol. The maximum Gasteiger partial charge on any atom is 0.410 e. The number of aromatic nitrogens is 4. The van der Waals surface area contributed by atoms with Crippen molar-refractivity contribution in [1.82, 2.24) is 50.2 Å². The van der Waals surface area contributed by atoms with E-state index in [9.17, 15) is 14.4 Å². The summed E-state index contributed by atoms with van der Waals surface area (Å²) in [7, 11) is -1.73. The van der Waals surface area contributed by atoms with E-state index < -0.39 is 32.0 Å². The minimum Gasteiger partial charge on any atom is -0.450 e. The average Bonchev–Trinajstić information content (AvgIpc) is 3.39. The largest absolute Gasteiger partial charge is 0.450 e. The molecule has 3 aliphatic rings. The quantitative estimate of drug-likeness (QED) is 0.404. The van der Waals surface area contributed by atoms with Crippen LogP contribution in [0.4, 0.5) is 9.59 Å². The van der Waals surface area contributed by atoms with Crippen LogP contribution in [0.2, 0.25) is 19.6 Å². The molecule has 3 fully saturated rings. The molecule has 0 radical (unpaired) electrons. The van der Waals surface area contributed by atoms with Gasteiger partial charge in [0.05, 0.1) is 38.1 Å². The Bertz CT molecular complexity index is 1430. The highest BCUT2D eigenvalue weighted by atomic mass is 28.3. The van der Waals surface area contributed by atoms with Crippen molar-refractivity contribution in [2.75, 3.05) is 58.9 Å². The first kappa shape index (κ1) is 34.0. The van der Waals surface area contributed by atoms with Crippen LogP contribution in [0.1, 0.15) is 64.4 Å². The van der Waals surface area contributed by atoms with E-state index in [1.54, 1.807) is 14.7 Å². The molecular weight excluding hydrogens is 608 g/mol. The number of nitrogens with zero attached hydrogens (tertiary/aromatic N) is 7. The zero-order chi connectivity index (χ0) is 33.4. The minimum atomic E-state index is -1.73. The molecule has 4 unspecified atom stereocenters. The van der Waals surface area contributed by atoms with Crippen LogP contribution in [-0.4, -0.2) is 131 Å². The lowest BCUT2D eigenvalue weighted by atomic mass is 10.1. The Balaban J connectivity index is 1.59. The molecule has 2 aromatic rings. The van der Waals surface area contributed by atoms with Crippen molar-refractivity contribution in [2.24, 2.45) is 0 Å². The van der Waals surface area contributed by atoms with Crippen molar-refractivity contribution >= 4 is 37.3 Å². The Morgan fingerprint density at radius 3 is 2.37 bits per heavy atom. The first-order valence-corrected chi connectivity index (χ1v) is 19.8. The van der Waals surface area contributed by atoms with Crippen molar-refractivity contribution in [3.05, 3.63) is 17.8 Å². The van der Waals surface area contributed by atoms with E-state index in [1.165, 1.54) is 13.3 Å². The molecule has 0 saturated carbocycles. The molecule has 254 valence electrons. The van der Waals surface area contributed by atoms with Gasteiger partial charge in [-0.15, -0.1) is 0 Å². The number of imidazole rings is 1.